The summed E-state index contributed by atoms with van der Waals surface area (Å²) >= 11 is 0. The van der Waals surface area contributed by atoms with Crippen LogP contribution in [-0.4, -0.2) is 15.7 Å². The molecule has 0 aliphatic carbocycles. The van der Waals surface area contributed by atoms with Crippen molar-refractivity contribution in [2.45, 2.75) is 12.7 Å². The number of anilines is 1. The van der Waals surface area contributed by atoms with Crippen LogP contribution in [0, 0.1) is 11.3 Å². The lowest BCUT2D eigenvalue weighted by atomic mass is 10.1. The molecule has 21 heavy (non-hydrogen) atoms. The largest absolute Gasteiger partial charge is 0.417 e. The fourth-order valence-electron chi connectivity index (χ4n) is 1.70. The Morgan fingerprint density at radius 3 is 2.76 bits per heavy atom. The number of benzene rings is 1. The van der Waals surface area contributed by atoms with Gasteiger partial charge < -0.3 is 5.32 Å². The monoisotopic (exact) mass is 294 g/mol. The topological polar surface area (TPSA) is 70.7 Å². The maximum atomic E-state index is 12.8. The Hall–Kier alpha value is -2.82. The quantitative estimate of drug-likeness (QED) is 0.945. The Bertz CT molecular complexity index is 686. The molecule has 0 bridgehead atoms. The van der Waals surface area contributed by atoms with Gasteiger partial charge in [-0.25, -0.2) is 0 Å². The van der Waals surface area contributed by atoms with E-state index in [-0.39, 0.29) is 12.2 Å². The Morgan fingerprint density at radius 1 is 1.43 bits per heavy atom. The van der Waals surface area contributed by atoms with Crippen molar-refractivity contribution in [3.05, 3.63) is 47.8 Å². The van der Waals surface area contributed by atoms with Crippen LogP contribution >= 0.6 is 0 Å². The van der Waals surface area contributed by atoms with Crippen molar-refractivity contribution in [2.24, 2.45) is 0 Å². The first-order valence-corrected chi connectivity index (χ1v) is 5.79. The summed E-state index contributed by atoms with van der Waals surface area (Å²) < 4.78 is 39.7. The molecule has 8 heteroatoms. The number of carbonyl (C=O) groups excluding carboxylic acids is 1. The third kappa shape index (κ3) is 3.60. The third-order valence-electron chi connectivity index (χ3n) is 2.59. The van der Waals surface area contributed by atoms with E-state index in [1.807, 2.05) is 0 Å². The molecule has 0 fully saturated rings. The van der Waals surface area contributed by atoms with E-state index in [9.17, 15) is 18.0 Å². The summed E-state index contributed by atoms with van der Waals surface area (Å²) in [7, 11) is 0. The number of hydrogen-bond donors (Lipinski definition) is 1. The van der Waals surface area contributed by atoms with E-state index in [0.29, 0.717) is 0 Å². The summed E-state index contributed by atoms with van der Waals surface area (Å²) in [6.07, 6.45) is -1.62. The SMILES string of the molecule is N#Cc1ccc(NC(=O)Cn2cccn2)cc1C(F)(F)F. The van der Waals surface area contributed by atoms with Crippen molar-refractivity contribution >= 4 is 11.6 Å². The van der Waals surface area contributed by atoms with Crippen molar-refractivity contribution in [3.63, 3.8) is 0 Å². The molecule has 1 aromatic heterocycles. The molecule has 2 aromatic rings. The van der Waals surface area contributed by atoms with Gasteiger partial charge in [-0.15, -0.1) is 0 Å². The van der Waals surface area contributed by atoms with Crippen LogP contribution < -0.4 is 5.32 Å². The predicted octanol–water partition coefficient (Wildman–Crippen LogP) is 2.41. The zero-order valence-electron chi connectivity index (χ0n) is 10.6. The van der Waals surface area contributed by atoms with Gasteiger partial charge in [0.05, 0.1) is 17.2 Å². The summed E-state index contributed by atoms with van der Waals surface area (Å²) in [4.78, 5) is 11.7. The molecule has 1 N–H and O–H groups in total. The molecule has 0 unspecified atom stereocenters. The van der Waals surface area contributed by atoms with Gasteiger partial charge in [0, 0.05) is 18.1 Å². The van der Waals surface area contributed by atoms with Gasteiger partial charge in [-0.3, -0.25) is 9.48 Å². The van der Waals surface area contributed by atoms with Crippen molar-refractivity contribution in [1.82, 2.24) is 9.78 Å². The number of nitrogens with one attached hydrogen (secondary N) is 1. The summed E-state index contributed by atoms with van der Waals surface area (Å²) in [5.74, 6) is -0.517. The van der Waals surface area contributed by atoms with E-state index in [4.69, 9.17) is 5.26 Å². The van der Waals surface area contributed by atoms with Gasteiger partial charge in [0.15, 0.2) is 0 Å². The molecule has 0 aliphatic heterocycles. The molecule has 5 nitrogen and oxygen atoms in total. The highest BCUT2D eigenvalue weighted by molar-refractivity contribution is 5.90. The first-order valence-electron chi connectivity index (χ1n) is 5.79. The van der Waals surface area contributed by atoms with Gasteiger partial charge in [-0.1, -0.05) is 0 Å². The fourth-order valence-corrected chi connectivity index (χ4v) is 1.70. The number of carbonyl (C=O) groups is 1. The van der Waals surface area contributed by atoms with Crippen LogP contribution in [0.5, 0.6) is 0 Å². The van der Waals surface area contributed by atoms with Gasteiger partial charge in [-0.2, -0.15) is 23.5 Å². The third-order valence-corrected chi connectivity index (χ3v) is 2.59. The van der Waals surface area contributed by atoms with E-state index >= 15 is 0 Å². The Balaban J connectivity index is 2.18. The second-order valence-corrected chi connectivity index (χ2v) is 4.12. The zero-order valence-corrected chi connectivity index (χ0v) is 10.6. The fraction of sp³-hybridized carbons (Fsp3) is 0.154. The van der Waals surface area contributed by atoms with Crippen LogP contribution in [0.25, 0.3) is 0 Å². The van der Waals surface area contributed by atoms with Gasteiger partial charge in [0.1, 0.15) is 6.54 Å². The van der Waals surface area contributed by atoms with E-state index in [2.05, 4.69) is 10.4 Å². The number of halogens is 3. The van der Waals surface area contributed by atoms with Gasteiger partial charge >= 0.3 is 6.18 Å². The number of nitriles is 1. The summed E-state index contributed by atoms with van der Waals surface area (Å²) in [6.45, 7) is -0.117. The molecular formula is C13H9F3N4O. The molecule has 0 spiro atoms. The van der Waals surface area contributed by atoms with Crippen molar-refractivity contribution in [2.75, 3.05) is 5.32 Å². The van der Waals surface area contributed by atoms with Crippen molar-refractivity contribution < 1.29 is 18.0 Å². The molecule has 1 heterocycles. The molecule has 2 rings (SSSR count). The predicted molar refractivity (Wildman–Crippen MR) is 67.0 cm³/mol. The Kier molecular flexibility index (Phi) is 3.93. The highest BCUT2D eigenvalue weighted by atomic mass is 19.4. The molecule has 1 aromatic carbocycles. The second-order valence-electron chi connectivity index (χ2n) is 4.12. The standard InChI is InChI=1S/C13H9F3N4O/c14-13(15,16)11-6-10(3-2-9(11)7-17)19-12(21)8-20-5-1-4-18-20/h1-6H,8H2,(H,19,21). The van der Waals surface area contributed by atoms with Crippen LogP contribution in [0.4, 0.5) is 18.9 Å². The van der Waals surface area contributed by atoms with Crippen LogP contribution in [0.1, 0.15) is 11.1 Å². The van der Waals surface area contributed by atoms with Crippen LogP contribution in [0.15, 0.2) is 36.7 Å². The van der Waals surface area contributed by atoms with Crippen molar-refractivity contribution in [3.8, 4) is 6.07 Å². The highest BCUT2D eigenvalue weighted by Gasteiger charge is 2.33. The zero-order chi connectivity index (χ0) is 15.5. The number of alkyl halides is 3. The van der Waals surface area contributed by atoms with E-state index < -0.39 is 23.2 Å². The van der Waals surface area contributed by atoms with E-state index in [1.165, 1.54) is 23.0 Å². The molecule has 0 radical (unpaired) electrons. The number of nitrogens with zero attached hydrogens (tertiary/aromatic N) is 3. The summed E-state index contributed by atoms with van der Waals surface area (Å²) in [5, 5.41) is 14.8. The van der Waals surface area contributed by atoms with Crippen molar-refractivity contribution in [1.29, 1.82) is 5.26 Å². The minimum Gasteiger partial charge on any atom is -0.324 e. The average molecular weight is 294 g/mol. The second kappa shape index (κ2) is 5.66. The molecule has 0 aliphatic rings. The normalized spacial score (nSPS) is 11.0. The van der Waals surface area contributed by atoms with Gasteiger partial charge in [-0.05, 0) is 24.3 Å². The van der Waals surface area contributed by atoms with Crippen LogP contribution in [-0.2, 0) is 17.5 Å². The maximum Gasteiger partial charge on any atom is 0.417 e. The lowest BCUT2D eigenvalue weighted by Gasteiger charge is -2.11. The molecule has 1 amide bonds. The highest BCUT2D eigenvalue weighted by Crippen LogP contribution is 2.33. The van der Waals surface area contributed by atoms with Gasteiger partial charge in [0.25, 0.3) is 0 Å². The number of rotatable bonds is 3. The number of hydrogen-bond acceptors (Lipinski definition) is 3. The molecule has 0 atom stereocenters. The first kappa shape index (κ1) is 14.6. The molecular weight excluding hydrogens is 285 g/mol. The lowest BCUT2D eigenvalue weighted by molar-refractivity contribution is -0.137. The summed E-state index contributed by atoms with van der Waals surface area (Å²) in [6, 6.07) is 6.09. The smallest absolute Gasteiger partial charge is 0.324 e. The van der Waals surface area contributed by atoms with E-state index in [1.54, 1.807) is 12.3 Å². The molecule has 0 saturated carbocycles. The Morgan fingerprint density at radius 2 is 2.19 bits per heavy atom. The molecule has 0 saturated heterocycles. The number of amides is 1. The Labute approximate surface area is 117 Å². The van der Waals surface area contributed by atoms with Crippen LogP contribution in [0.2, 0.25) is 0 Å². The molecule has 108 valence electrons. The van der Waals surface area contributed by atoms with Crippen LogP contribution in [0.3, 0.4) is 0 Å². The lowest BCUT2D eigenvalue weighted by Crippen LogP contribution is -2.19. The first-order chi connectivity index (χ1) is 9.90. The van der Waals surface area contributed by atoms with E-state index in [0.717, 1.165) is 12.1 Å². The maximum absolute atomic E-state index is 12.8. The average Bonchev–Trinajstić information content (AvgIpc) is 2.90. The minimum absolute atomic E-state index is 0.0292. The summed E-state index contributed by atoms with van der Waals surface area (Å²) in [5.41, 5.74) is -1.60. The number of aromatic nitrogens is 2. The minimum atomic E-state index is -4.66. The van der Waals surface area contributed by atoms with Gasteiger partial charge in [0.2, 0.25) is 5.91 Å².